The van der Waals surface area contributed by atoms with Gasteiger partial charge in [-0.1, -0.05) is 64.0 Å². The van der Waals surface area contributed by atoms with E-state index in [1.54, 1.807) is 30.3 Å². The molecule has 5 nitrogen and oxygen atoms in total. The number of hydrogen-bond acceptors (Lipinski definition) is 5. The van der Waals surface area contributed by atoms with Crippen LogP contribution in [0.2, 0.25) is 5.02 Å². The minimum absolute atomic E-state index is 0.0663. The fourth-order valence-corrected chi connectivity index (χ4v) is 4.31. The van der Waals surface area contributed by atoms with E-state index >= 15 is 0 Å². The maximum Gasteiger partial charge on any atom is 0.343 e. The van der Waals surface area contributed by atoms with Crippen molar-refractivity contribution in [1.82, 2.24) is 9.97 Å². The van der Waals surface area contributed by atoms with Gasteiger partial charge in [0.1, 0.15) is 11.5 Å². The molecule has 0 N–H and O–H groups in total. The molecule has 1 atom stereocenters. The summed E-state index contributed by atoms with van der Waals surface area (Å²) in [5.74, 6) is 1.20. The lowest BCUT2D eigenvalue weighted by Gasteiger charge is -2.16. The van der Waals surface area contributed by atoms with E-state index in [1.807, 2.05) is 31.5 Å². The predicted molar refractivity (Wildman–Crippen MR) is 151 cm³/mol. The van der Waals surface area contributed by atoms with Gasteiger partial charge < -0.3 is 9.47 Å². The largest absolute Gasteiger partial charge is 0.489 e. The number of aryl methyl sites for hydroxylation is 1. The second kappa shape index (κ2) is 15.4. The maximum absolute atomic E-state index is 12.7. The van der Waals surface area contributed by atoms with Crippen molar-refractivity contribution in [3.05, 3.63) is 71.0 Å². The fraction of sp³-hybridized carbons (Fsp3) is 0.452. The summed E-state index contributed by atoms with van der Waals surface area (Å²) in [5, 5.41) is 0.399. The van der Waals surface area contributed by atoms with Crippen LogP contribution in [-0.4, -0.2) is 22.0 Å². The quantitative estimate of drug-likeness (QED) is 0.113. The summed E-state index contributed by atoms with van der Waals surface area (Å²) in [5.41, 5.74) is 2.39. The summed E-state index contributed by atoms with van der Waals surface area (Å²) in [7, 11) is 0. The number of benzene rings is 2. The molecular formula is C31H39ClN2O3. The van der Waals surface area contributed by atoms with Crippen molar-refractivity contribution in [3.63, 3.8) is 0 Å². The Morgan fingerprint density at radius 3 is 2.22 bits per heavy atom. The predicted octanol–water partition coefficient (Wildman–Crippen LogP) is 8.88. The number of rotatable bonds is 15. The Morgan fingerprint density at radius 2 is 1.57 bits per heavy atom. The first-order chi connectivity index (χ1) is 18.0. The minimum Gasteiger partial charge on any atom is -0.489 e. The minimum atomic E-state index is -0.475. The van der Waals surface area contributed by atoms with E-state index in [9.17, 15) is 4.79 Å². The lowest BCUT2D eigenvalue weighted by Crippen LogP contribution is -2.13. The molecule has 37 heavy (non-hydrogen) atoms. The third-order valence-electron chi connectivity index (χ3n) is 6.31. The van der Waals surface area contributed by atoms with Gasteiger partial charge >= 0.3 is 5.97 Å². The van der Waals surface area contributed by atoms with Crippen LogP contribution in [0.15, 0.2) is 54.9 Å². The molecule has 0 saturated carbocycles. The molecule has 0 aliphatic rings. The number of hydrogen-bond donors (Lipinski definition) is 0. The van der Waals surface area contributed by atoms with Gasteiger partial charge in [-0.2, -0.15) is 0 Å². The number of carbonyl (C=O) groups is 1. The van der Waals surface area contributed by atoms with Crippen LogP contribution < -0.4 is 9.47 Å². The van der Waals surface area contributed by atoms with E-state index in [2.05, 4.69) is 23.8 Å². The standard InChI is InChI=1S/C31H39ClN2O3/c1-4-6-8-10-12-23(3)36-29-19-16-26(20-28(29)32)31(35)37-27-17-14-25(15-18-27)30-33-21-24(22-34-30)13-11-9-7-5-2/h14-23H,4-13H2,1-3H3. The molecule has 0 spiro atoms. The number of unbranched alkanes of at least 4 members (excludes halogenated alkanes) is 6. The van der Waals surface area contributed by atoms with Crippen LogP contribution in [-0.2, 0) is 6.42 Å². The Morgan fingerprint density at radius 1 is 0.892 bits per heavy atom. The number of carbonyl (C=O) groups excluding carboxylic acids is 1. The van der Waals surface area contributed by atoms with Gasteiger partial charge in [0.15, 0.2) is 5.82 Å². The summed E-state index contributed by atoms with van der Waals surface area (Å²) in [4.78, 5) is 21.7. The number of nitrogens with zero attached hydrogens (tertiary/aromatic N) is 2. The third-order valence-corrected chi connectivity index (χ3v) is 6.60. The molecule has 2 aromatic carbocycles. The molecule has 0 saturated heterocycles. The Kier molecular flexibility index (Phi) is 11.9. The Hall–Kier alpha value is -2.92. The van der Waals surface area contributed by atoms with E-state index in [4.69, 9.17) is 21.1 Å². The first-order valence-electron chi connectivity index (χ1n) is 13.6. The number of ether oxygens (including phenoxy) is 2. The van der Waals surface area contributed by atoms with Crippen LogP contribution in [0.4, 0.5) is 0 Å². The Labute approximate surface area is 226 Å². The second-order valence-electron chi connectivity index (χ2n) is 9.56. The molecule has 1 unspecified atom stereocenters. The lowest BCUT2D eigenvalue weighted by atomic mass is 10.1. The molecule has 0 aliphatic heterocycles. The number of esters is 1. The van der Waals surface area contributed by atoms with Gasteiger partial charge in [-0.3, -0.25) is 0 Å². The summed E-state index contributed by atoms with van der Waals surface area (Å²) >= 11 is 6.40. The molecule has 3 aromatic rings. The first-order valence-corrected chi connectivity index (χ1v) is 14.0. The molecular weight excluding hydrogens is 484 g/mol. The molecule has 0 radical (unpaired) electrons. The van der Waals surface area contributed by atoms with E-state index in [1.165, 1.54) is 38.5 Å². The van der Waals surface area contributed by atoms with Crippen molar-refractivity contribution in [1.29, 1.82) is 0 Å². The van der Waals surface area contributed by atoms with E-state index in [-0.39, 0.29) is 6.10 Å². The highest BCUT2D eigenvalue weighted by atomic mass is 35.5. The van der Waals surface area contributed by atoms with Gasteiger partial charge in [0.05, 0.1) is 16.7 Å². The zero-order valence-electron chi connectivity index (χ0n) is 22.3. The highest BCUT2D eigenvalue weighted by Crippen LogP contribution is 2.28. The molecule has 1 aromatic heterocycles. The van der Waals surface area contributed by atoms with Crippen molar-refractivity contribution in [2.24, 2.45) is 0 Å². The molecule has 1 heterocycles. The van der Waals surface area contributed by atoms with Crippen molar-refractivity contribution in [3.8, 4) is 22.9 Å². The SMILES string of the molecule is CCCCCCc1cnc(-c2ccc(OC(=O)c3ccc(OC(C)CCCCCC)c(Cl)c3)cc2)nc1. The van der Waals surface area contributed by atoms with Gasteiger partial charge in [-0.25, -0.2) is 14.8 Å². The summed E-state index contributed by atoms with van der Waals surface area (Å²) < 4.78 is 11.5. The Bertz CT molecular complexity index is 1100. The van der Waals surface area contributed by atoms with Crippen molar-refractivity contribution in [2.45, 2.75) is 91.1 Å². The van der Waals surface area contributed by atoms with Crippen molar-refractivity contribution < 1.29 is 14.3 Å². The smallest absolute Gasteiger partial charge is 0.343 e. The van der Waals surface area contributed by atoms with E-state index in [0.29, 0.717) is 27.9 Å². The highest BCUT2D eigenvalue weighted by Gasteiger charge is 2.14. The van der Waals surface area contributed by atoms with Crippen LogP contribution in [0.5, 0.6) is 11.5 Å². The number of aromatic nitrogens is 2. The third kappa shape index (κ3) is 9.47. The molecule has 0 amide bonds. The van der Waals surface area contributed by atoms with Gasteiger partial charge in [-0.15, -0.1) is 0 Å². The van der Waals surface area contributed by atoms with Crippen LogP contribution in [0, 0.1) is 0 Å². The summed E-state index contributed by atoms with van der Waals surface area (Å²) in [6, 6.07) is 12.2. The maximum atomic E-state index is 12.7. The topological polar surface area (TPSA) is 61.3 Å². The van der Waals surface area contributed by atoms with Gasteiger partial charge in [-0.05, 0) is 80.6 Å². The van der Waals surface area contributed by atoms with Gasteiger partial charge in [0.2, 0.25) is 0 Å². The number of halogens is 1. The average molecular weight is 523 g/mol. The molecule has 0 fully saturated rings. The fourth-order valence-electron chi connectivity index (χ4n) is 4.08. The molecule has 6 heteroatoms. The van der Waals surface area contributed by atoms with Crippen LogP contribution in [0.25, 0.3) is 11.4 Å². The van der Waals surface area contributed by atoms with Crippen molar-refractivity contribution in [2.75, 3.05) is 0 Å². The molecule has 198 valence electrons. The second-order valence-corrected chi connectivity index (χ2v) is 9.97. The van der Waals surface area contributed by atoms with Crippen LogP contribution >= 0.6 is 11.6 Å². The average Bonchev–Trinajstić information content (AvgIpc) is 2.91. The van der Waals surface area contributed by atoms with Gasteiger partial charge in [0.25, 0.3) is 0 Å². The van der Waals surface area contributed by atoms with Gasteiger partial charge in [0, 0.05) is 18.0 Å². The van der Waals surface area contributed by atoms with Crippen LogP contribution in [0.3, 0.4) is 0 Å². The zero-order chi connectivity index (χ0) is 26.5. The highest BCUT2D eigenvalue weighted by molar-refractivity contribution is 6.32. The molecule has 0 aliphatic carbocycles. The van der Waals surface area contributed by atoms with E-state index < -0.39 is 5.97 Å². The first kappa shape index (κ1) is 28.6. The Balaban J connectivity index is 1.52. The van der Waals surface area contributed by atoms with Crippen molar-refractivity contribution >= 4 is 17.6 Å². The van der Waals surface area contributed by atoms with E-state index in [0.717, 1.165) is 36.8 Å². The molecule has 0 bridgehead atoms. The zero-order valence-corrected chi connectivity index (χ0v) is 23.1. The molecule has 3 rings (SSSR count). The van der Waals surface area contributed by atoms with Crippen LogP contribution in [0.1, 0.15) is 94.5 Å². The summed E-state index contributed by atoms with van der Waals surface area (Å²) in [6.45, 7) is 6.46. The normalized spacial score (nSPS) is 11.8. The summed E-state index contributed by atoms with van der Waals surface area (Å²) in [6.07, 6.45) is 15.5. The lowest BCUT2D eigenvalue weighted by molar-refractivity contribution is 0.0734. The monoisotopic (exact) mass is 522 g/mol.